The van der Waals surface area contributed by atoms with Crippen LogP contribution in [-0.2, 0) is 0 Å². The molecule has 39 heavy (non-hydrogen) atoms. The Morgan fingerprint density at radius 2 is 0.692 bits per heavy atom. The van der Waals surface area contributed by atoms with E-state index >= 15 is 0 Å². The SMILES string of the molecule is CC(C)CC(c1ccc(O)cc1)c1ccc(O)cc1.CCC(C)CC(c1ccc(O)cc1)c1ccc(O)cc1. The van der Waals surface area contributed by atoms with Crippen LogP contribution in [0.15, 0.2) is 97.1 Å². The lowest BCUT2D eigenvalue weighted by molar-refractivity contribution is 0.469. The van der Waals surface area contributed by atoms with Crippen LogP contribution in [0.25, 0.3) is 0 Å². The second kappa shape index (κ2) is 14.3. The standard InChI is InChI=1S/C18H22O2.C17H20O2/c1-3-13(2)12-18(14-4-8-16(19)9-5-14)15-6-10-17(20)11-7-15;1-12(2)11-17(13-3-7-15(18)8-4-13)14-5-9-16(19)10-6-14/h4-11,13,18-20H,3,12H2,1-2H3;3-10,12,17-19H,11H2,1-2H3. The van der Waals surface area contributed by atoms with Crippen molar-refractivity contribution in [1.82, 2.24) is 0 Å². The molecule has 206 valence electrons. The molecule has 0 saturated carbocycles. The lowest BCUT2D eigenvalue weighted by Crippen LogP contribution is -2.06. The zero-order valence-corrected chi connectivity index (χ0v) is 23.5. The molecule has 4 nitrogen and oxygen atoms in total. The van der Waals surface area contributed by atoms with Crippen LogP contribution in [0, 0.1) is 11.8 Å². The van der Waals surface area contributed by atoms with E-state index in [1.807, 2.05) is 48.5 Å². The smallest absolute Gasteiger partial charge is 0.115 e. The van der Waals surface area contributed by atoms with E-state index in [4.69, 9.17) is 0 Å². The van der Waals surface area contributed by atoms with Crippen LogP contribution in [-0.4, -0.2) is 20.4 Å². The normalized spacial score (nSPS) is 11.9. The van der Waals surface area contributed by atoms with Gasteiger partial charge in [0, 0.05) is 11.8 Å². The molecule has 0 aromatic heterocycles. The molecule has 0 bridgehead atoms. The minimum atomic E-state index is 0.290. The van der Waals surface area contributed by atoms with Crippen molar-refractivity contribution < 1.29 is 20.4 Å². The van der Waals surface area contributed by atoms with E-state index in [0.717, 1.165) is 19.3 Å². The van der Waals surface area contributed by atoms with Crippen LogP contribution < -0.4 is 0 Å². The van der Waals surface area contributed by atoms with Crippen molar-refractivity contribution in [3.63, 3.8) is 0 Å². The maximum Gasteiger partial charge on any atom is 0.115 e. The number of hydrogen-bond donors (Lipinski definition) is 4. The monoisotopic (exact) mass is 526 g/mol. The Kier molecular flexibility index (Phi) is 10.9. The number of hydrogen-bond acceptors (Lipinski definition) is 4. The molecular formula is C35H42O4. The van der Waals surface area contributed by atoms with E-state index in [0.29, 0.717) is 35.2 Å². The Morgan fingerprint density at radius 1 is 0.436 bits per heavy atom. The van der Waals surface area contributed by atoms with Crippen LogP contribution in [0.5, 0.6) is 23.0 Å². The van der Waals surface area contributed by atoms with Gasteiger partial charge in [-0.1, -0.05) is 82.6 Å². The van der Waals surface area contributed by atoms with Crippen LogP contribution in [0.3, 0.4) is 0 Å². The van der Waals surface area contributed by atoms with Gasteiger partial charge in [-0.05, 0) is 95.5 Å². The van der Waals surface area contributed by atoms with Crippen LogP contribution >= 0.6 is 0 Å². The third kappa shape index (κ3) is 9.10. The fourth-order valence-electron chi connectivity index (χ4n) is 4.80. The second-order valence-electron chi connectivity index (χ2n) is 10.8. The molecule has 0 aliphatic heterocycles. The maximum absolute atomic E-state index is 9.44. The summed E-state index contributed by atoms with van der Waals surface area (Å²) in [5.41, 5.74) is 4.79. The Balaban J connectivity index is 0.000000216. The van der Waals surface area contributed by atoms with Gasteiger partial charge in [-0.3, -0.25) is 0 Å². The van der Waals surface area contributed by atoms with Gasteiger partial charge in [0.1, 0.15) is 23.0 Å². The quantitative estimate of drug-likeness (QED) is 0.175. The van der Waals surface area contributed by atoms with E-state index in [-0.39, 0.29) is 11.5 Å². The third-order valence-electron chi connectivity index (χ3n) is 7.22. The summed E-state index contributed by atoms with van der Waals surface area (Å²) >= 11 is 0. The van der Waals surface area contributed by atoms with E-state index in [1.54, 1.807) is 48.5 Å². The average molecular weight is 527 g/mol. The highest BCUT2D eigenvalue weighted by molar-refractivity contribution is 5.39. The van der Waals surface area contributed by atoms with Gasteiger partial charge in [0.25, 0.3) is 0 Å². The van der Waals surface area contributed by atoms with Gasteiger partial charge in [-0.25, -0.2) is 0 Å². The first kappa shape index (κ1) is 29.6. The van der Waals surface area contributed by atoms with Crippen LogP contribution in [0.4, 0.5) is 0 Å². The molecule has 4 aromatic carbocycles. The molecule has 0 spiro atoms. The highest BCUT2D eigenvalue weighted by Gasteiger charge is 2.18. The van der Waals surface area contributed by atoms with Gasteiger partial charge in [0.15, 0.2) is 0 Å². The summed E-state index contributed by atoms with van der Waals surface area (Å²) in [6.07, 6.45) is 3.24. The average Bonchev–Trinajstić information content (AvgIpc) is 2.93. The molecule has 0 aliphatic carbocycles. The minimum absolute atomic E-state index is 0.290. The summed E-state index contributed by atoms with van der Waals surface area (Å²) in [5.74, 6) is 2.96. The lowest BCUT2D eigenvalue weighted by Gasteiger charge is -2.21. The Labute approximate surface area is 233 Å². The van der Waals surface area contributed by atoms with Gasteiger partial charge in [-0.2, -0.15) is 0 Å². The topological polar surface area (TPSA) is 80.9 Å². The van der Waals surface area contributed by atoms with Gasteiger partial charge in [-0.15, -0.1) is 0 Å². The highest BCUT2D eigenvalue weighted by Crippen LogP contribution is 2.34. The van der Waals surface area contributed by atoms with Crippen molar-refractivity contribution >= 4 is 0 Å². The molecule has 0 heterocycles. The van der Waals surface area contributed by atoms with Crippen molar-refractivity contribution in [1.29, 1.82) is 0 Å². The van der Waals surface area contributed by atoms with Crippen molar-refractivity contribution in [2.75, 3.05) is 0 Å². The van der Waals surface area contributed by atoms with Gasteiger partial charge >= 0.3 is 0 Å². The molecule has 0 amide bonds. The molecule has 4 rings (SSSR count). The number of rotatable bonds is 9. The third-order valence-corrected chi connectivity index (χ3v) is 7.22. The summed E-state index contributed by atoms with van der Waals surface area (Å²) in [6, 6.07) is 29.6. The first-order valence-electron chi connectivity index (χ1n) is 13.8. The van der Waals surface area contributed by atoms with Gasteiger partial charge < -0.3 is 20.4 Å². The van der Waals surface area contributed by atoms with Crippen molar-refractivity contribution in [2.45, 2.75) is 58.8 Å². The summed E-state index contributed by atoms with van der Waals surface area (Å²) in [4.78, 5) is 0. The molecule has 1 unspecified atom stereocenters. The highest BCUT2D eigenvalue weighted by atomic mass is 16.3. The second-order valence-corrected chi connectivity index (χ2v) is 10.8. The Bertz CT molecular complexity index is 1150. The molecule has 0 aliphatic rings. The molecule has 0 fully saturated rings. The largest absolute Gasteiger partial charge is 0.508 e. The number of phenols is 4. The van der Waals surface area contributed by atoms with Crippen molar-refractivity contribution in [3.8, 4) is 23.0 Å². The summed E-state index contributed by atoms with van der Waals surface area (Å²) in [5, 5.41) is 37.7. The zero-order chi connectivity index (χ0) is 28.4. The van der Waals surface area contributed by atoms with E-state index in [1.165, 1.54) is 22.3 Å². The lowest BCUT2D eigenvalue weighted by atomic mass is 9.83. The molecule has 1 atom stereocenters. The first-order valence-corrected chi connectivity index (χ1v) is 13.8. The Morgan fingerprint density at radius 3 is 0.923 bits per heavy atom. The summed E-state index contributed by atoms with van der Waals surface area (Å²) in [6.45, 7) is 8.87. The van der Waals surface area contributed by atoms with Crippen molar-refractivity contribution in [2.24, 2.45) is 11.8 Å². The van der Waals surface area contributed by atoms with Gasteiger partial charge in [0.2, 0.25) is 0 Å². The Hall–Kier alpha value is -3.92. The number of benzene rings is 4. The summed E-state index contributed by atoms with van der Waals surface area (Å²) in [7, 11) is 0. The first-order chi connectivity index (χ1) is 18.7. The molecule has 0 saturated heterocycles. The molecular weight excluding hydrogens is 484 g/mol. The number of phenolic OH excluding ortho intramolecular Hbond substituents is 4. The maximum atomic E-state index is 9.44. The predicted octanol–water partition coefficient (Wildman–Crippen LogP) is 8.94. The predicted molar refractivity (Wildman–Crippen MR) is 160 cm³/mol. The molecule has 4 N–H and O–H groups in total. The fraction of sp³-hybridized carbons (Fsp3) is 0.314. The molecule has 0 radical (unpaired) electrons. The molecule has 4 aromatic rings. The van der Waals surface area contributed by atoms with E-state index in [9.17, 15) is 20.4 Å². The van der Waals surface area contributed by atoms with Crippen molar-refractivity contribution in [3.05, 3.63) is 119 Å². The number of aromatic hydroxyl groups is 4. The fourth-order valence-corrected chi connectivity index (χ4v) is 4.80. The molecule has 4 heteroatoms. The van der Waals surface area contributed by atoms with E-state index in [2.05, 4.69) is 27.7 Å². The van der Waals surface area contributed by atoms with Crippen LogP contribution in [0.2, 0.25) is 0 Å². The van der Waals surface area contributed by atoms with Gasteiger partial charge in [0.05, 0.1) is 0 Å². The van der Waals surface area contributed by atoms with E-state index < -0.39 is 0 Å². The van der Waals surface area contributed by atoms with Crippen LogP contribution in [0.1, 0.15) is 81.0 Å². The summed E-state index contributed by atoms with van der Waals surface area (Å²) < 4.78 is 0. The zero-order valence-electron chi connectivity index (χ0n) is 23.5. The minimum Gasteiger partial charge on any atom is -0.508 e.